The largest absolute Gasteiger partial charge is 0.497 e. The van der Waals surface area contributed by atoms with Crippen LogP contribution in [0.5, 0.6) is 5.75 Å². The van der Waals surface area contributed by atoms with Gasteiger partial charge in [-0.1, -0.05) is 47.5 Å². The molecule has 31 heavy (non-hydrogen) atoms. The molecule has 158 valence electrons. The lowest BCUT2D eigenvalue weighted by molar-refractivity contribution is -0.114. The Morgan fingerprint density at radius 1 is 0.871 bits per heavy atom. The zero-order valence-electron chi connectivity index (χ0n) is 16.3. The molecule has 3 aromatic carbocycles. The average Bonchev–Trinajstić information content (AvgIpc) is 2.96. The Labute approximate surface area is 190 Å². The van der Waals surface area contributed by atoms with E-state index in [4.69, 9.17) is 27.9 Å². The summed E-state index contributed by atoms with van der Waals surface area (Å²) in [5.74, 6) is -0.0155. The maximum atomic E-state index is 13.6. The smallest absolute Gasteiger partial charge is 0.271 e. The van der Waals surface area contributed by atoms with E-state index in [-0.39, 0.29) is 4.91 Å². The molecular formula is C23H17Cl2NO4S. The van der Waals surface area contributed by atoms with Gasteiger partial charge in [0, 0.05) is 15.7 Å². The summed E-state index contributed by atoms with van der Waals surface area (Å²) in [6.07, 6.45) is 1.38. The van der Waals surface area contributed by atoms with Gasteiger partial charge in [-0.15, -0.1) is 0 Å². The van der Waals surface area contributed by atoms with Gasteiger partial charge in [-0.2, -0.15) is 0 Å². The minimum absolute atomic E-state index is 0.286. The van der Waals surface area contributed by atoms with Crippen molar-refractivity contribution >= 4 is 50.7 Å². The highest BCUT2D eigenvalue weighted by Gasteiger charge is 2.50. The van der Waals surface area contributed by atoms with Gasteiger partial charge in [0.1, 0.15) is 10.7 Å². The molecule has 1 aliphatic heterocycles. The summed E-state index contributed by atoms with van der Waals surface area (Å²) < 4.78 is 32.3. The van der Waals surface area contributed by atoms with Crippen LogP contribution in [0.1, 0.15) is 16.5 Å². The number of hydrogen-bond donors (Lipinski definition) is 0. The van der Waals surface area contributed by atoms with Crippen molar-refractivity contribution in [3.8, 4) is 5.75 Å². The van der Waals surface area contributed by atoms with Crippen molar-refractivity contribution in [2.75, 3.05) is 12.0 Å². The fraction of sp³-hybridized carbons (Fsp3) is 0.0870. The number of carbonyl (C=O) groups is 1. The summed E-state index contributed by atoms with van der Waals surface area (Å²) in [5, 5.41) is -0.232. The van der Waals surface area contributed by atoms with Crippen LogP contribution in [0.25, 0.3) is 6.08 Å². The fourth-order valence-electron chi connectivity index (χ4n) is 3.41. The molecule has 0 bridgehead atoms. The van der Waals surface area contributed by atoms with Crippen LogP contribution in [-0.2, 0) is 14.6 Å². The molecule has 0 unspecified atom stereocenters. The molecule has 4 rings (SSSR count). The lowest BCUT2D eigenvalue weighted by Gasteiger charge is -2.23. The Morgan fingerprint density at radius 2 is 1.42 bits per heavy atom. The Hall–Kier alpha value is -2.80. The van der Waals surface area contributed by atoms with Gasteiger partial charge in [0.15, 0.2) is 5.37 Å². The van der Waals surface area contributed by atoms with Crippen molar-refractivity contribution in [3.63, 3.8) is 0 Å². The topological polar surface area (TPSA) is 63.7 Å². The summed E-state index contributed by atoms with van der Waals surface area (Å²) >= 11 is 11.9. The molecule has 0 aliphatic carbocycles. The lowest BCUT2D eigenvalue weighted by Crippen LogP contribution is -2.28. The molecule has 1 saturated heterocycles. The van der Waals surface area contributed by atoms with Gasteiger partial charge in [-0.05, 0) is 65.7 Å². The number of rotatable bonds is 4. The number of amides is 1. The van der Waals surface area contributed by atoms with E-state index in [2.05, 4.69) is 0 Å². The van der Waals surface area contributed by atoms with E-state index < -0.39 is 21.1 Å². The van der Waals surface area contributed by atoms with Gasteiger partial charge < -0.3 is 4.74 Å². The second-order valence-electron chi connectivity index (χ2n) is 6.88. The van der Waals surface area contributed by atoms with Gasteiger partial charge in [-0.3, -0.25) is 9.69 Å². The first-order valence-corrected chi connectivity index (χ1v) is 11.6. The standard InChI is InChI=1S/C23H17Cl2NO4S/c1-30-20-12-10-19(11-13-20)26-22(27)21(14-15-2-6-17(24)7-3-15)31(28,29)23(26)16-4-8-18(25)9-5-16/h2-14,23H,1H3/b21-14+/t23-/m1/s1. The predicted molar refractivity (Wildman–Crippen MR) is 123 cm³/mol. The summed E-state index contributed by atoms with van der Waals surface area (Å²) in [4.78, 5) is 14.4. The Kier molecular flexibility index (Phi) is 5.79. The van der Waals surface area contributed by atoms with Crippen LogP contribution in [0, 0.1) is 0 Å². The van der Waals surface area contributed by atoms with Crippen LogP contribution in [0.4, 0.5) is 5.69 Å². The summed E-state index contributed by atoms with van der Waals surface area (Å²) in [6.45, 7) is 0. The minimum Gasteiger partial charge on any atom is -0.497 e. The van der Waals surface area contributed by atoms with E-state index >= 15 is 0 Å². The molecular weight excluding hydrogens is 457 g/mol. The first-order chi connectivity index (χ1) is 14.8. The molecule has 0 spiro atoms. The summed E-state index contributed by atoms with van der Waals surface area (Å²) in [7, 11) is -2.50. The van der Waals surface area contributed by atoms with Crippen LogP contribution in [0.2, 0.25) is 10.0 Å². The highest BCUT2D eigenvalue weighted by Crippen LogP contribution is 2.44. The van der Waals surface area contributed by atoms with Gasteiger partial charge in [0.2, 0.25) is 9.84 Å². The van der Waals surface area contributed by atoms with Crippen molar-refractivity contribution < 1.29 is 17.9 Å². The van der Waals surface area contributed by atoms with Gasteiger partial charge >= 0.3 is 0 Å². The number of nitrogens with zero attached hydrogens (tertiary/aromatic N) is 1. The van der Waals surface area contributed by atoms with E-state index in [1.54, 1.807) is 72.8 Å². The second-order valence-corrected chi connectivity index (χ2v) is 9.73. The molecule has 3 aromatic rings. The van der Waals surface area contributed by atoms with Gasteiger partial charge in [0.25, 0.3) is 5.91 Å². The first kappa shape index (κ1) is 21.4. The number of benzene rings is 3. The number of sulfone groups is 1. The molecule has 1 aliphatic rings. The minimum atomic E-state index is -4.03. The Morgan fingerprint density at radius 3 is 1.97 bits per heavy atom. The maximum absolute atomic E-state index is 13.6. The maximum Gasteiger partial charge on any atom is 0.271 e. The van der Waals surface area contributed by atoms with E-state index in [9.17, 15) is 13.2 Å². The number of methoxy groups -OCH3 is 1. The SMILES string of the molecule is COc1ccc(N2C(=O)/C(=C\c3ccc(Cl)cc3)S(=O)(=O)[C@@H]2c2ccc(Cl)cc2)cc1. The number of hydrogen-bond acceptors (Lipinski definition) is 4. The molecule has 1 atom stereocenters. The van der Waals surface area contributed by atoms with Gasteiger partial charge in [-0.25, -0.2) is 8.42 Å². The Balaban J connectivity index is 1.88. The third-order valence-electron chi connectivity index (χ3n) is 4.94. The molecule has 1 heterocycles. The third kappa shape index (κ3) is 4.06. The second kappa shape index (κ2) is 8.38. The van der Waals surface area contributed by atoms with Crippen molar-refractivity contribution in [2.24, 2.45) is 0 Å². The third-order valence-corrected chi connectivity index (χ3v) is 7.42. The Bertz CT molecular complexity index is 1250. The monoisotopic (exact) mass is 473 g/mol. The molecule has 0 aromatic heterocycles. The van der Waals surface area contributed by atoms with E-state index in [1.165, 1.54) is 18.1 Å². The fourth-order valence-corrected chi connectivity index (χ4v) is 5.56. The van der Waals surface area contributed by atoms with Crippen molar-refractivity contribution in [3.05, 3.63) is 98.9 Å². The summed E-state index contributed by atoms with van der Waals surface area (Å²) in [6, 6.07) is 19.7. The van der Waals surface area contributed by atoms with Crippen LogP contribution >= 0.6 is 23.2 Å². The number of halogens is 2. The highest BCUT2D eigenvalue weighted by atomic mass is 35.5. The molecule has 0 N–H and O–H groups in total. The molecule has 8 heteroatoms. The molecule has 0 radical (unpaired) electrons. The van der Waals surface area contributed by atoms with Gasteiger partial charge in [0.05, 0.1) is 7.11 Å². The average molecular weight is 474 g/mol. The summed E-state index contributed by atoms with van der Waals surface area (Å²) in [5.41, 5.74) is 1.43. The van der Waals surface area contributed by atoms with Crippen LogP contribution < -0.4 is 9.64 Å². The van der Waals surface area contributed by atoms with E-state index in [1.807, 2.05) is 0 Å². The number of ether oxygens (including phenoxy) is 1. The number of carbonyl (C=O) groups excluding carboxylic acids is 1. The zero-order valence-corrected chi connectivity index (χ0v) is 18.7. The van der Waals surface area contributed by atoms with Crippen molar-refractivity contribution in [1.82, 2.24) is 0 Å². The zero-order chi connectivity index (χ0) is 22.2. The normalized spacial score (nSPS) is 19.1. The lowest BCUT2D eigenvalue weighted by atomic mass is 10.1. The van der Waals surface area contributed by atoms with Crippen molar-refractivity contribution in [1.29, 1.82) is 0 Å². The number of anilines is 1. The molecule has 0 saturated carbocycles. The van der Waals surface area contributed by atoms with Crippen LogP contribution in [-0.4, -0.2) is 21.4 Å². The highest BCUT2D eigenvalue weighted by molar-refractivity contribution is 7.97. The van der Waals surface area contributed by atoms with E-state index in [0.717, 1.165) is 0 Å². The van der Waals surface area contributed by atoms with Crippen molar-refractivity contribution in [2.45, 2.75) is 5.37 Å². The molecule has 1 fully saturated rings. The quantitative estimate of drug-likeness (QED) is 0.469. The van der Waals surface area contributed by atoms with Crippen LogP contribution in [0.15, 0.2) is 77.7 Å². The van der Waals surface area contributed by atoms with E-state index in [0.29, 0.717) is 32.6 Å². The molecule has 5 nitrogen and oxygen atoms in total. The first-order valence-electron chi connectivity index (χ1n) is 9.25. The van der Waals surface area contributed by atoms with Crippen LogP contribution in [0.3, 0.4) is 0 Å². The molecule has 1 amide bonds. The predicted octanol–water partition coefficient (Wildman–Crippen LogP) is 5.50.